The van der Waals surface area contributed by atoms with Gasteiger partial charge in [-0.15, -0.1) is 0 Å². The second kappa shape index (κ2) is 5.24. The number of allylic oxidation sites excluding steroid dienone is 1. The summed E-state index contributed by atoms with van der Waals surface area (Å²) in [5.41, 5.74) is 0.967. The molecular weight excluding hydrogens is 264 g/mol. The summed E-state index contributed by atoms with van der Waals surface area (Å²) in [7, 11) is -3.61. The van der Waals surface area contributed by atoms with Crippen molar-refractivity contribution in [2.75, 3.05) is 0 Å². The van der Waals surface area contributed by atoms with Crippen LogP contribution < -0.4 is 0 Å². The second-order valence-corrected chi connectivity index (χ2v) is 5.84. The van der Waals surface area contributed by atoms with Crippen molar-refractivity contribution >= 4 is 15.6 Å². The summed E-state index contributed by atoms with van der Waals surface area (Å²) >= 11 is 0. The van der Waals surface area contributed by atoms with Crippen LogP contribution >= 0.6 is 0 Å². The molecular formula is C14H12O4S. The number of carbonyl (C=O) groups is 1. The van der Waals surface area contributed by atoms with Gasteiger partial charge in [0.05, 0.1) is 11.2 Å². The smallest absolute Gasteiger partial charge is 0.221 e. The van der Waals surface area contributed by atoms with E-state index in [1.54, 1.807) is 18.2 Å². The Morgan fingerprint density at radius 3 is 2.42 bits per heavy atom. The Balaban J connectivity index is 2.22. The monoisotopic (exact) mass is 276 g/mol. The molecule has 0 aliphatic carbocycles. The molecule has 4 nitrogen and oxygen atoms in total. The molecule has 0 fully saturated rings. The Morgan fingerprint density at radius 1 is 1.16 bits per heavy atom. The van der Waals surface area contributed by atoms with E-state index < -0.39 is 15.6 Å². The van der Waals surface area contributed by atoms with Crippen LogP contribution in [0.4, 0.5) is 0 Å². The zero-order valence-corrected chi connectivity index (χ0v) is 11.1. The fraction of sp³-hybridized carbons (Fsp3) is 0.0714. The zero-order valence-electron chi connectivity index (χ0n) is 10.2. The number of rotatable bonds is 4. The third-order valence-electron chi connectivity index (χ3n) is 2.51. The summed E-state index contributed by atoms with van der Waals surface area (Å²) in [4.78, 5) is 11.7. The molecule has 0 saturated carbocycles. The van der Waals surface area contributed by atoms with Gasteiger partial charge in [-0.05, 0) is 31.2 Å². The van der Waals surface area contributed by atoms with Crippen LogP contribution in [0.5, 0.6) is 0 Å². The van der Waals surface area contributed by atoms with Crippen LogP contribution in [0.1, 0.15) is 16.1 Å². The fourth-order valence-electron chi connectivity index (χ4n) is 1.46. The maximum atomic E-state index is 11.9. The van der Waals surface area contributed by atoms with Crippen molar-refractivity contribution in [1.82, 2.24) is 0 Å². The molecule has 0 amide bonds. The first-order valence-electron chi connectivity index (χ1n) is 5.57. The van der Waals surface area contributed by atoms with Gasteiger partial charge in [-0.3, -0.25) is 4.79 Å². The van der Waals surface area contributed by atoms with Crippen molar-refractivity contribution in [2.24, 2.45) is 0 Å². The number of carbonyl (C=O) groups excluding carboxylic acids is 1. The lowest BCUT2D eigenvalue weighted by Crippen LogP contribution is -1.99. The van der Waals surface area contributed by atoms with Crippen molar-refractivity contribution < 1.29 is 17.6 Å². The standard InChI is InChI=1S/C14H12O4S/c1-11-4-6-12(7-5-11)19(16,17)10-8-13(15)14-3-2-9-18-14/h2-10H,1H3/b10-8+. The predicted octanol–water partition coefficient (Wildman–Crippen LogP) is 2.76. The molecule has 0 N–H and O–H groups in total. The van der Waals surface area contributed by atoms with Crippen molar-refractivity contribution in [3.05, 3.63) is 65.5 Å². The zero-order chi connectivity index (χ0) is 13.9. The summed E-state index contributed by atoms with van der Waals surface area (Å²) in [6.45, 7) is 1.87. The van der Waals surface area contributed by atoms with Crippen LogP contribution in [0.3, 0.4) is 0 Å². The average molecular weight is 276 g/mol. The van der Waals surface area contributed by atoms with Crippen LogP contribution in [0, 0.1) is 6.92 Å². The van der Waals surface area contributed by atoms with Gasteiger partial charge in [0, 0.05) is 11.5 Å². The van der Waals surface area contributed by atoms with E-state index in [9.17, 15) is 13.2 Å². The van der Waals surface area contributed by atoms with E-state index in [-0.39, 0.29) is 10.7 Å². The molecule has 98 valence electrons. The number of aryl methyl sites for hydroxylation is 1. The maximum Gasteiger partial charge on any atom is 0.221 e. The second-order valence-electron chi connectivity index (χ2n) is 4.00. The predicted molar refractivity (Wildman–Crippen MR) is 70.5 cm³/mol. The van der Waals surface area contributed by atoms with E-state index in [0.717, 1.165) is 17.0 Å². The summed E-state index contributed by atoms with van der Waals surface area (Å²) in [5.74, 6) is -0.379. The highest BCUT2D eigenvalue weighted by Crippen LogP contribution is 2.13. The lowest BCUT2D eigenvalue weighted by molar-refractivity contribution is 0.102. The van der Waals surface area contributed by atoms with Crippen LogP contribution in [-0.4, -0.2) is 14.2 Å². The third kappa shape index (κ3) is 3.20. The van der Waals surface area contributed by atoms with Gasteiger partial charge in [0.2, 0.25) is 5.78 Å². The maximum absolute atomic E-state index is 11.9. The molecule has 5 heteroatoms. The van der Waals surface area contributed by atoms with Gasteiger partial charge < -0.3 is 4.42 Å². The summed E-state index contributed by atoms with van der Waals surface area (Å²) in [5, 5.41) is 0.891. The molecule has 0 aliphatic heterocycles. The molecule has 0 radical (unpaired) electrons. The van der Waals surface area contributed by atoms with Crippen molar-refractivity contribution in [2.45, 2.75) is 11.8 Å². The summed E-state index contributed by atoms with van der Waals surface area (Å²) in [6, 6.07) is 9.46. The van der Waals surface area contributed by atoms with Gasteiger partial charge in [-0.2, -0.15) is 0 Å². The van der Waals surface area contributed by atoms with Crippen molar-refractivity contribution in [1.29, 1.82) is 0 Å². The number of ketones is 1. The normalized spacial score (nSPS) is 11.8. The Labute approximate surface area is 111 Å². The van der Waals surface area contributed by atoms with E-state index in [1.807, 2.05) is 6.92 Å². The lowest BCUT2D eigenvalue weighted by Gasteiger charge is -1.99. The molecule has 2 aromatic rings. The highest BCUT2D eigenvalue weighted by atomic mass is 32.2. The van der Waals surface area contributed by atoms with Gasteiger partial charge in [0.25, 0.3) is 0 Å². The number of hydrogen-bond donors (Lipinski definition) is 0. The average Bonchev–Trinajstić information content (AvgIpc) is 2.90. The first-order chi connectivity index (χ1) is 8.99. The quantitative estimate of drug-likeness (QED) is 0.636. The van der Waals surface area contributed by atoms with E-state index in [0.29, 0.717) is 0 Å². The summed E-state index contributed by atoms with van der Waals surface area (Å²) < 4.78 is 28.8. The van der Waals surface area contributed by atoms with E-state index in [2.05, 4.69) is 0 Å². The molecule has 1 aromatic carbocycles. The van der Waals surface area contributed by atoms with Crippen LogP contribution in [0.2, 0.25) is 0 Å². The Hall–Kier alpha value is -2.14. The van der Waals surface area contributed by atoms with Crippen LogP contribution in [0.15, 0.2) is 63.5 Å². The van der Waals surface area contributed by atoms with Gasteiger partial charge in [0.1, 0.15) is 0 Å². The Kier molecular flexibility index (Phi) is 3.66. The molecule has 0 aliphatic rings. The largest absolute Gasteiger partial charge is 0.461 e. The molecule has 2 rings (SSSR count). The summed E-state index contributed by atoms with van der Waals surface area (Å²) in [6.07, 6.45) is 2.35. The van der Waals surface area contributed by atoms with E-state index in [4.69, 9.17) is 4.42 Å². The third-order valence-corrected chi connectivity index (χ3v) is 3.94. The highest BCUT2D eigenvalue weighted by Gasteiger charge is 2.12. The molecule has 19 heavy (non-hydrogen) atoms. The van der Waals surface area contributed by atoms with Gasteiger partial charge in [0.15, 0.2) is 15.6 Å². The molecule has 0 spiro atoms. The lowest BCUT2D eigenvalue weighted by atomic mass is 10.2. The Bertz CT molecular complexity index is 692. The molecule has 0 atom stereocenters. The van der Waals surface area contributed by atoms with Gasteiger partial charge >= 0.3 is 0 Å². The minimum atomic E-state index is -3.61. The van der Waals surface area contributed by atoms with Gasteiger partial charge in [-0.1, -0.05) is 17.7 Å². The topological polar surface area (TPSA) is 64.3 Å². The van der Waals surface area contributed by atoms with Gasteiger partial charge in [-0.25, -0.2) is 8.42 Å². The number of hydrogen-bond acceptors (Lipinski definition) is 4. The highest BCUT2D eigenvalue weighted by molar-refractivity contribution is 7.94. The minimum absolute atomic E-state index is 0.107. The fourth-order valence-corrected chi connectivity index (χ4v) is 2.43. The van der Waals surface area contributed by atoms with E-state index >= 15 is 0 Å². The first-order valence-corrected chi connectivity index (χ1v) is 7.11. The SMILES string of the molecule is Cc1ccc(S(=O)(=O)/C=C/C(=O)c2ccco2)cc1. The molecule has 0 saturated heterocycles. The molecule has 0 bridgehead atoms. The first kappa shape index (κ1) is 13.3. The number of furan rings is 1. The minimum Gasteiger partial charge on any atom is -0.461 e. The number of benzene rings is 1. The van der Waals surface area contributed by atoms with Crippen LogP contribution in [-0.2, 0) is 9.84 Å². The van der Waals surface area contributed by atoms with Crippen molar-refractivity contribution in [3.63, 3.8) is 0 Å². The van der Waals surface area contributed by atoms with Crippen molar-refractivity contribution in [3.8, 4) is 0 Å². The Morgan fingerprint density at radius 2 is 1.84 bits per heavy atom. The molecule has 1 aromatic heterocycles. The number of sulfone groups is 1. The molecule has 1 heterocycles. The van der Waals surface area contributed by atoms with Crippen LogP contribution in [0.25, 0.3) is 0 Å². The molecule has 0 unspecified atom stereocenters. The van der Waals surface area contributed by atoms with E-state index in [1.165, 1.54) is 24.5 Å².